The highest BCUT2D eigenvalue weighted by molar-refractivity contribution is 6.51. The van der Waals surface area contributed by atoms with Crippen LogP contribution in [0.15, 0.2) is 72.3 Å². The fraction of sp³-hybridized carbons (Fsp3) is 0.179. The molecule has 1 aliphatic heterocycles. The molecule has 1 aliphatic rings. The molecule has 0 spiro atoms. The van der Waals surface area contributed by atoms with Gasteiger partial charge in [-0.3, -0.25) is 14.5 Å². The number of anilines is 1. The highest BCUT2D eigenvalue weighted by atomic mass is 19.1. The number of carbonyl (C=O) groups is 3. The fourth-order valence-corrected chi connectivity index (χ4v) is 4.12. The van der Waals surface area contributed by atoms with Crippen molar-refractivity contribution in [2.45, 2.75) is 26.0 Å². The molecule has 190 valence electrons. The Labute approximate surface area is 212 Å². The van der Waals surface area contributed by atoms with Crippen LogP contribution in [0.4, 0.5) is 10.1 Å². The summed E-state index contributed by atoms with van der Waals surface area (Å²) in [5.41, 5.74) is 0.530. The number of hydrogen-bond acceptors (Lipinski definition) is 7. The first-order valence-corrected chi connectivity index (χ1v) is 11.4. The van der Waals surface area contributed by atoms with Crippen molar-refractivity contribution in [1.29, 1.82) is 0 Å². The minimum absolute atomic E-state index is 0.0412. The van der Waals surface area contributed by atoms with E-state index in [0.717, 1.165) is 12.1 Å². The van der Waals surface area contributed by atoms with E-state index in [-0.39, 0.29) is 40.0 Å². The summed E-state index contributed by atoms with van der Waals surface area (Å²) in [6, 6.07) is 14.0. The Morgan fingerprint density at radius 3 is 2.24 bits per heavy atom. The number of ether oxygens (including phenoxy) is 2. The summed E-state index contributed by atoms with van der Waals surface area (Å²) in [5, 5.41) is 21.0. The lowest BCUT2D eigenvalue weighted by Gasteiger charge is -2.25. The van der Waals surface area contributed by atoms with Crippen LogP contribution in [0.1, 0.15) is 41.4 Å². The van der Waals surface area contributed by atoms with Crippen molar-refractivity contribution >= 4 is 29.1 Å². The zero-order valence-electron chi connectivity index (χ0n) is 20.3. The summed E-state index contributed by atoms with van der Waals surface area (Å²) < 4.78 is 24.5. The molecular formula is C28H24FNO7. The lowest BCUT2D eigenvalue weighted by molar-refractivity contribution is -0.132. The molecule has 0 saturated carbocycles. The van der Waals surface area contributed by atoms with Crippen LogP contribution in [0.5, 0.6) is 11.5 Å². The van der Waals surface area contributed by atoms with Crippen molar-refractivity contribution in [2.75, 3.05) is 12.0 Å². The van der Waals surface area contributed by atoms with Gasteiger partial charge in [0.25, 0.3) is 11.7 Å². The van der Waals surface area contributed by atoms with Gasteiger partial charge in [-0.05, 0) is 74.0 Å². The summed E-state index contributed by atoms with van der Waals surface area (Å²) in [6.45, 7) is 3.44. The zero-order valence-corrected chi connectivity index (χ0v) is 20.3. The lowest BCUT2D eigenvalue weighted by Crippen LogP contribution is -2.29. The highest BCUT2D eigenvalue weighted by Crippen LogP contribution is 2.43. The molecule has 0 radical (unpaired) electrons. The lowest BCUT2D eigenvalue weighted by atomic mass is 9.94. The van der Waals surface area contributed by atoms with Crippen molar-refractivity contribution < 1.29 is 38.5 Å². The maximum absolute atomic E-state index is 14.1. The number of esters is 1. The number of carbonyl (C=O) groups excluding carboxylic acids is 3. The summed E-state index contributed by atoms with van der Waals surface area (Å²) >= 11 is 0. The van der Waals surface area contributed by atoms with Crippen molar-refractivity contribution in [2.24, 2.45) is 0 Å². The SMILES string of the molecule is COc1ccc(F)cc1/C(O)=C1\C(=O)C(=O)N(c2ccc(C(=O)OC(C)C)cc2)C1c1ccc(O)cc1. The van der Waals surface area contributed by atoms with Crippen LogP contribution in [0.25, 0.3) is 5.76 Å². The topological polar surface area (TPSA) is 113 Å². The number of methoxy groups -OCH3 is 1. The number of benzene rings is 3. The fourth-order valence-electron chi connectivity index (χ4n) is 4.12. The summed E-state index contributed by atoms with van der Waals surface area (Å²) in [4.78, 5) is 40.0. The molecule has 1 atom stereocenters. The van der Waals surface area contributed by atoms with E-state index in [2.05, 4.69) is 0 Å². The van der Waals surface area contributed by atoms with Gasteiger partial charge in [0.05, 0.1) is 36.0 Å². The van der Waals surface area contributed by atoms with Gasteiger partial charge < -0.3 is 19.7 Å². The van der Waals surface area contributed by atoms with Crippen LogP contribution >= 0.6 is 0 Å². The Hall–Kier alpha value is -4.66. The second-order valence-electron chi connectivity index (χ2n) is 8.61. The summed E-state index contributed by atoms with van der Waals surface area (Å²) in [5.74, 6) is -3.72. The number of amides is 1. The van der Waals surface area contributed by atoms with Gasteiger partial charge in [-0.1, -0.05) is 12.1 Å². The van der Waals surface area contributed by atoms with Gasteiger partial charge in [0, 0.05) is 5.69 Å². The molecule has 1 amide bonds. The van der Waals surface area contributed by atoms with E-state index in [9.17, 15) is 29.0 Å². The van der Waals surface area contributed by atoms with Crippen LogP contribution < -0.4 is 9.64 Å². The molecule has 1 unspecified atom stereocenters. The largest absolute Gasteiger partial charge is 0.508 e. The predicted molar refractivity (Wildman–Crippen MR) is 133 cm³/mol. The number of Topliss-reactive ketones (excluding diaryl/α,β-unsaturated/α-hetero) is 1. The van der Waals surface area contributed by atoms with Crippen LogP contribution in [-0.4, -0.2) is 41.1 Å². The predicted octanol–water partition coefficient (Wildman–Crippen LogP) is 4.73. The smallest absolute Gasteiger partial charge is 0.338 e. The van der Waals surface area contributed by atoms with Gasteiger partial charge in [-0.15, -0.1) is 0 Å². The van der Waals surface area contributed by atoms with Crippen molar-refractivity contribution in [3.8, 4) is 11.5 Å². The second-order valence-corrected chi connectivity index (χ2v) is 8.61. The third-order valence-electron chi connectivity index (χ3n) is 5.79. The van der Waals surface area contributed by atoms with E-state index in [4.69, 9.17) is 9.47 Å². The number of hydrogen-bond donors (Lipinski definition) is 2. The molecule has 1 fully saturated rings. The standard InChI is InChI=1S/C28H24FNO7/c1-15(2)37-28(35)17-4-9-19(10-5-17)30-24(16-6-11-20(31)12-7-16)23(26(33)27(30)34)25(32)21-14-18(29)8-13-22(21)36-3/h4-15,24,31-32H,1-3H3/b25-23+. The Morgan fingerprint density at radius 2 is 1.65 bits per heavy atom. The van der Waals surface area contributed by atoms with E-state index in [0.29, 0.717) is 5.56 Å². The molecule has 8 nitrogen and oxygen atoms in total. The summed E-state index contributed by atoms with van der Waals surface area (Å²) in [6.07, 6.45) is -0.320. The van der Waals surface area contributed by atoms with E-state index >= 15 is 0 Å². The number of halogens is 1. The average Bonchev–Trinajstić information content (AvgIpc) is 3.14. The van der Waals surface area contributed by atoms with E-state index in [1.54, 1.807) is 13.8 Å². The van der Waals surface area contributed by atoms with E-state index in [1.165, 1.54) is 66.6 Å². The Morgan fingerprint density at radius 1 is 1.00 bits per heavy atom. The Balaban J connectivity index is 1.88. The molecule has 2 N–H and O–H groups in total. The monoisotopic (exact) mass is 505 g/mol. The minimum Gasteiger partial charge on any atom is -0.508 e. The molecular weight excluding hydrogens is 481 g/mol. The molecule has 37 heavy (non-hydrogen) atoms. The molecule has 0 aliphatic carbocycles. The van der Waals surface area contributed by atoms with Crippen LogP contribution in [-0.2, 0) is 14.3 Å². The van der Waals surface area contributed by atoms with Gasteiger partial charge in [0.2, 0.25) is 0 Å². The molecule has 0 aromatic heterocycles. The van der Waals surface area contributed by atoms with Crippen molar-refractivity contribution in [3.05, 3.63) is 94.8 Å². The van der Waals surface area contributed by atoms with Gasteiger partial charge in [0.15, 0.2) is 0 Å². The maximum Gasteiger partial charge on any atom is 0.338 e. The van der Waals surface area contributed by atoms with Crippen molar-refractivity contribution in [1.82, 2.24) is 0 Å². The van der Waals surface area contributed by atoms with E-state index in [1.807, 2.05) is 0 Å². The zero-order chi connectivity index (χ0) is 26.9. The van der Waals surface area contributed by atoms with Gasteiger partial charge >= 0.3 is 5.97 Å². The first-order chi connectivity index (χ1) is 17.6. The third-order valence-corrected chi connectivity index (χ3v) is 5.79. The number of aliphatic hydroxyl groups is 1. The molecule has 0 bridgehead atoms. The van der Waals surface area contributed by atoms with Gasteiger partial charge in [-0.2, -0.15) is 0 Å². The molecule has 4 rings (SSSR count). The molecule has 9 heteroatoms. The second kappa shape index (κ2) is 10.1. The number of aromatic hydroxyl groups is 1. The molecule has 3 aromatic rings. The normalized spacial score (nSPS) is 16.8. The number of aliphatic hydroxyl groups excluding tert-OH is 1. The quantitative estimate of drug-likeness (QED) is 0.215. The maximum atomic E-state index is 14.1. The number of rotatable bonds is 6. The molecule has 3 aromatic carbocycles. The number of phenols is 1. The third kappa shape index (κ3) is 4.88. The molecule has 1 heterocycles. The van der Waals surface area contributed by atoms with Crippen LogP contribution in [0, 0.1) is 5.82 Å². The number of ketones is 1. The first kappa shape index (κ1) is 25.4. The van der Waals surface area contributed by atoms with Gasteiger partial charge in [-0.25, -0.2) is 9.18 Å². The van der Waals surface area contributed by atoms with Gasteiger partial charge in [0.1, 0.15) is 23.1 Å². The minimum atomic E-state index is -1.12. The number of phenolic OH excluding ortho intramolecular Hbond substituents is 1. The van der Waals surface area contributed by atoms with Crippen molar-refractivity contribution in [3.63, 3.8) is 0 Å². The van der Waals surface area contributed by atoms with Crippen LogP contribution in [0.2, 0.25) is 0 Å². The number of nitrogens with zero attached hydrogens (tertiary/aromatic N) is 1. The molecule has 1 saturated heterocycles. The summed E-state index contributed by atoms with van der Waals surface area (Å²) in [7, 11) is 1.33. The van der Waals surface area contributed by atoms with E-state index < -0.39 is 35.3 Å². The highest BCUT2D eigenvalue weighted by Gasteiger charge is 2.47. The Kier molecular flexibility index (Phi) is 6.97. The van der Waals surface area contributed by atoms with Crippen LogP contribution in [0.3, 0.4) is 0 Å². The average molecular weight is 505 g/mol. The first-order valence-electron chi connectivity index (χ1n) is 11.4. The Bertz CT molecular complexity index is 1400.